The van der Waals surface area contributed by atoms with Crippen LogP contribution in [0.1, 0.15) is 12.5 Å². The number of hydrogen-bond acceptors (Lipinski definition) is 2. The van der Waals surface area contributed by atoms with Gasteiger partial charge in [0.1, 0.15) is 0 Å². The summed E-state index contributed by atoms with van der Waals surface area (Å²) in [4.78, 5) is 0. The lowest BCUT2D eigenvalue weighted by molar-refractivity contribution is 0.196. The molecule has 1 aromatic rings. The van der Waals surface area contributed by atoms with Gasteiger partial charge in [-0.15, -0.1) is 0 Å². The minimum absolute atomic E-state index is 0.369. The SMILES string of the molecule is COCCNC(C)Cc1ccc(Cl)cc1Cl. The molecule has 0 bridgehead atoms. The number of ether oxygens (including phenoxy) is 1. The lowest BCUT2D eigenvalue weighted by Crippen LogP contribution is -2.31. The molecule has 0 fully saturated rings. The predicted molar refractivity (Wildman–Crippen MR) is 69.5 cm³/mol. The Labute approximate surface area is 107 Å². The van der Waals surface area contributed by atoms with Crippen LogP contribution in [0.5, 0.6) is 0 Å². The zero-order chi connectivity index (χ0) is 12.0. The molecule has 4 heteroatoms. The van der Waals surface area contributed by atoms with Crippen molar-refractivity contribution in [3.63, 3.8) is 0 Å². The van der Waals surface area contributed by atoms with E-state index in [1.165, 1.54) is 0 Å². The molecule has 1 atom stereocenters. The van der Waals surface area contributed by atoms with Gasteiger partial charge in [-0.2, -0.15) is 0 Å². The van der Waals surface area contributed by atoms with E-state index >= 15 is 0 Å². The predicted octanol–water partition coefficient (Wildman–Crippen LogP) is 3.16. The van der Waals surface area contributed by atoms with E-state index in [1.54, 1.807) is 13.2 Å². The molecule has 1 N–H and O–H groups in total. The van der Waals surface area contributed by atoms with E-state index in [1.807, 2.05) is 12.1 Å². The number of halogens is 2. The van der Waals surface area contributed by atoms with Crippen LogP contribution in [-0.4, -0.2) is 26.3 Å². The molecule has 1 unspecified atom stereocenters. The first-order valence-corrected chi connectivity index (χ1v) is 6.05. The molecule has 0 amide bonds. The van der Waals surface area contributed by atoms with E-state index in [-0.39, 0.29) is 0 Å². The smallest absolute Gasteiger partial charge is 0.0587 e. The first-order valence-electron chi connectivity index (χ1n) is 5.29. The maximum atomic E-state index is 6.10. The first kappa shape index (κ1) is 13.8. The van der Waals surface area contributed by atoms with Crippen LogP contribution in [0.15, 0.2) is 18.2 Å². The Kier molecular flexibility index (Phi) is 6.14. The van der Waals surface area contributed by atoms with Crippen molar-refractivity contribution >= 4 is 23.2 Å². The van der Waals surface area contributed by atoms with Crippen LogP contribution < -0.4 is 5.32 Å². The summed E-state index contributed by atoms with van der Waals surface area (Å²) in [6.07, 6.45) is 0.889. The van der Waals surface area contributed by atoms with Gasteiger partial charge in [0.05, 0.1) is 6.61 Å². The minimum Gasteiger partial charge on any atom is -0.383 e. The molecular weight excluding hydrogens is 245 g/mol. The number of hydrogen-bond donors (Lipinski definition) is 1. The third-order valence-corrected chi connectivity index (χ3v) is 2.93. The van der Waals surface area contributed by atoms with E-state index in [0.29, 0.717) is 11.1 Å². The van der Waals surface area contributed by atoms with Crippen molar-refractivity contribution in [2.45, 2.75) is 19.4 Å². The fourth-order valence-electron chi connectivity index (χ4n) is 1.50. The quantitative estimate of drug-likeness (QED) is 0.795. The van der Waals surface area contributed by atoms with Gasteiger partial charge in [0.2, 0.25) is 0 Å². The van der Waals surface area contributed by atoms with Crippen LogP contribution in [0.4, 0.5) is 0 Å². The largest absolute Gasteiger partial charge is 0.383 e. The minimum atomic E-state index is 0.369. The van der Waals surface area contributed by atoms with Crippen molar-refractivity contribution in [3.8, 4) is 0 Å². The molecule has 16 heavy (non-hydrogen) atoms. The molecular formula is C12H17Cl2NO. The molecule has 0 saturated heterocycles. The Morgan fingerprint density at radius 2 is 2.12 bits per heavy atom. The van der Waals surface area contributed by atoms with Crippen molar-refractivity contribution in [1.82, 2.24) is 5.32 Å². The Morgan fingerprint density at radius 1 is 1.38 bits per heavy atom. The first-order chi connectivity index (χ1) is 7.63. The van der Waals surface area contributed by atoms with Crippen LogP contribution in [0.25, 0.3) is 0 Å². The zero-order valence-corrected chi connectivity index (χ0v) is 11.1. The van der Waals surface area contributed by atoms with Gasteiger partial charge in [-0.25, -0.2) is 0 Å². The monoisotopic (exact) mass is 261 g/mol. The summed E-state index contributed by atoms with van der Waals surface area (Å²) in [5.74, 6) is 0. The Bertz CT molecular complexity index is 331. The highest BCUT2D eigenvalue weighted by molar-refractivity contribution is 6.35. The highest BCUT2D eigenvalue weighted by Gasteiger charge is 2.06. The highest BCUT2D eigenvalue weighted by atomic mass is 35.5. The summed E-state index contributed by atoms with van der Waals surface area (Å²) in [6.45, 7) is 3.70. The van der Waals surface area contributed by atoms with E-state index in [0.717, 1.165) is 30.2 Å². The molecule has 0 heterocycles. The molecule has 0 aliphatic rings. The molecule has 0 aromatic heterocycles. The summed E-state index contributed by atoms with van der Waals surface area (Å²) in [7, 11) is 1.70. The summed E-state index contributed by atoms with van der Waals surface area (Å²) >= 11 is 11.9. The number of benzene rings is 1. The van der Waals surface area contributed by atoms with E-state index in [4.69, 9.17) is 27.9 Å². The second-order valence-corrected chi connectivity index (χ2v) is 4.63. The second-order valence-electron chi connectivity index (χ2n) is 3.79. The van der Waals surface area contributed by atoms with Crippen molar-refractivity contribution in [1.29, 1.82) is 0 Å². The molecule has 90 valence electrons. The van der Waals surface area contributed by atoms with Crippen LogP contribution in [0.2, 0.25) is 10.0 Å². The lowest BCUT2D eigenvalue weighted by Gasteiger charge is -2.14. The van der Waals surface area contributed by atoms with Crippen LogP contribution in [0, 0.1) is 0 Å². The summed E-state index contributed by atoms with van der Waals surface area (Å²) in [6, 6.07) is 5.98. The van der Waals surface area contributed by atoms with Gasteiger partial charge >= 0.3 is 0 Å². The van der Waals surface area contributed by atoms with Crippen molar-refractivity contribution < 1.29 is 4.74 Å². The normalized spacial score (nSPS) is 12.8. The average molecular weight is 262 g/mol. The number of methoxy groups -OCH3 is 1. The molecule has 0 saturated carbocycles. The lowest BCUT2D eigenvalue weighted by atomic mass is 10.1. The molecule has 0 aliphatic carbocycles. The van der Waals surface area contributed by atoms with E-state index in [2.05, 4.69) is 12.2 Å². The standard InChI is InChI=1S/C12H17Cl2NO/c1-9(15-5-6-16-2)7-10-3-4-11(13)8-12(10)14/h3-4,8-9,15H,5-7H2,1-2H3. The molecule has 0 aliphatic heterocycles. The molecule has 0 radical (unpaired) electrons. The average Bonchev–Trinajstić information content (AvgIpc) is 2.23. The Hall–Kier alpha value is -0.280. The third-order valence-electron chi connectivity index (χ3n) is 2.34. The van der Waals surface area contributed by atoms with Gasteiger partial charge in [0.25, 0.3) is 0 Å². The van der Waals surface area contributed by atoms with Gasteiger partial charge < -0.3 is 10.1 Å². The second kappa shape index (κ2) is 7.13. The van der Waals surface area contributed by atoms with Crippen LogP contribution in [0.3, 0.4) is 0 Å². The Balaban J connectivity index is 2.46. The highest BCUT2D eigenvalue weighted by Crippen LogP contribution is 2.21. The maximum absolute atomic E-state index is 6.10. The van der Waals surface area contributed by atoms with Crippen molar-refractivity contribution in [2.24, 2.45) is 0 Å². The molecule has 1 aromatic carbocycles. The van der Waals surface area contributed by atoms with Gasteiger partial charge in [0.15, 0.2) is 0 Å². The topological polar surface area (TPSA) is 21.3 Å². The van der Waals surface area contributed by atoms with Gasteiger partial charge in [-0.3, -0.25) is 0 Å². The van der Waals surface area contributed by atoms with Crippen LogP contribution >= 0.6 is 23.2 Å². The summed E-state index contributed by atoms with van der Waals surface area (Å²) < 4.78 is 4.98. The molecule has 1 rings (SSSR count). The Morgan fingerprint density at radius 3 is 2.75 bits per heavy atom. The fraction of sp³-hybridized carbons (Fsp3) is 0.500. The molecule has 0 spiro atoms. The van der Waals surface area contributed by atoms with Crippen LogP contribution in [-0.2, 0) is 11.2 Å². The number of rotatable bonds is 6. The maximum Gasteiger partial charge on any atom is 0.0587 e. The summed E-state index contributed by atoms with van der Waals surface area (Å²) in [5, 5.41) is 4.76. The third kappa shape index (κ3) is 4.71. The fourth-order valence-corrected chi connectivity index (χ4v) is 1.98. The van der Waals surface area contributed by atoms with Gasteiger partial charge in [-0.1, -0.05) is 29.3 Å². The number of nitrogens with one attached hydrogen (secondary N) is 1. The van der Waals surface area contributed by atoms with Gasteiger partial charge in [-0.05, 0) is 31.0 Å². The molecule has 2 nitrogen and oxygen atoms in total. The van der Waals surface area contributed by atoms with E-state index in [9.17, 15) is 0 Å². The van der Waals surface area contributed by atoms with Crippen molar-refractivity contribution in [2.75, 3.05) is 20.3 Å². The van der Waals surface area contributed by atoms with Gasteiger partial charge in [0, 0.05) is 29.7 Å². The van der Waals surface area contributed by atoms with E-state index < -0.39 is 0 Å². The zero-order valence-electron chi connectivity index (χ0n) is 9.59. The van der Waals surface area contributed by atoms with Crippen molar-refractivity contribution in [3.05, 3.63) is 33.8 Å². The summed E-state index contributed by atoms with van der Waals surface area (Å²) in [5.41, 5.74) is 1.11.